The van der Waals surface area contributed by atoms with Crippen LogP contribution in [0, 0.1) is 0 Å². The summed E-state index contributed by atoms with van der Waals surface area (Å²) >= 11 is 0. The summed E-state index contributed by atoms with van der Waals surface area (Å²) in [5, 5.41) is 11.5. The lowest BCUT2D eigenvalue weighted by molar-refractivity contribution is 0.300. The first-order valence-electron chi connectivity index (χ1n) is 7.74. The first-order chi connectivity index (χ1) is 11.1. The summed E-state index contributed by atoms with van der Waals surface area (Å²) in [6, 6.07) is 9.52. The van der Waals surface area contributed by atoms with E-state index in [1.54, 1.807) is 7.11 Å². The number of rotatable bonds is 4. The Bertz CT molecular complexity index is 922. The molecule has 3 aromatic rings. The van der Waals surface area contributed by atoms with Crippen LogP contribution in [-0.4, -0.2) is 18.8 Å². The number of ether oxygens (including phenoxy) is 1. The molecule has 4 heteroatoms. The Labute approximate surface area is 134 Å². The molecule has 0 fully saturated rings. The Hall–Kier alpha value is -2.33. The molecule has 23 heavy (non-hydrogen) atoms. The number of fused-ring (bicyclic) bond motifs is 3. The molecule has 0 saturated heterocycles. The molecule has 0 saturated carbocycles. The molecule has 4 nitrogen and oxygen atoms in total. The van der Waals surface area contributed by atoms with Gasteiger partial charge in [0.1, 0.15) is 11.3 Å². The summed E-state index contributed by atoms with van der Waals surface area (Å²) in [6.07, 6.45) is 0.431. The third-order valence-corrected chi connectivity index (χ3v) is 4.17. The van der Waals surface area contributed by atoms with Crippen molar-refractivity contribution < 1.29 is 14.3 Å². The average molecular weight is 312 g/mol. The highest BCUT2D eigenvalue weighted by Crippen LogP contribution is 2.36. The van der Waals surface area contributed by atoms with Crippen LogP contribution in [0.15, 0.2) is 39.5 Å². The van der Waals surface area contributed by atoms with Crippen LogP contribution >= 0.6 is 0 Å². The van der Waals surface area contributed by atoms with Gasteiger partial charge in [-0.3, -0.25) is 0 Å². The van der Waals surface area contributed by atoms with Crippen molar-refractivity contribution >= 4 is 21.7 Å². The molecule has 0 unspecified atom stereocenters. The van der Waals surface area contributed by atoms with Gasteiger partial charge in [-0.1, -0.05) is 32.0 Å². The summed E-state index contributed by atoms with van der Waals surface area (Å²) < 4.78 is 11.1. The van der Waals surface area contributed by atoms with E-state index in [1.165, 1.54) is 0 Å². The van der Waals surface area contributed by atoms with Crippen molar-refractivity contribution in [2.24, 2.45) is 0 Å². The lowest BCUT2D eigenvalue weighted by atomic mass is 9.95. The average Bonchev–Trinajstić information content (AvgIpc) is 2.53. The highest BCUT2D eigenvalue weighted by Gasteiger charge is 2.18. The Balaban J connectivity index is 2.49. The van der Waals surface area contributed by atoms with Gasteiger partial charge < -0.3 is 14.3 Å². The van der Waals surface area contributed by atoms with Crippen LogP contribution in [0.5, 0.6) is 5.75 Å². The molecular formula is C19H20O4. The van der Waals surface area contributed by atoms with Gasteiger partial charge in [0.2, 0.25) is 0 Å². The number of benzene rings is 2. The molecular weight excluding hydrogens is 292 g/mol. The second-order valence-corrected chi connectivity index (χ2v) is 5.92. The molecule has 3 rings (SSSR count). The van der Waals surface area contributed by atoms with E-state index in [0.29, 0.717) is 17.4 Å². The standard InChI is InChI=1S/C19H20O4/c1-11(2)16-15(22-3)8-7-14-13-6-4-5-12(9-10-20)17(13)19(21)23-18(14)16/h4-8,11,20H,9-10H2,1-3H3. The van der Waals surface area contributed by atoms with E-state index in [1.807, 2.05) is 44.2 Å². The molecule has 0 aliphatic rings. The van der Waals surface area contributed by atoms with Gasteiger partial charge in [0.05, 0.1) is 12.5 Å². The Kier molecular flexibility index (Phi) is 4.09. The maximum Gasteiger partial charge on any atom is 0.344 e. The first-order valence-corrected chi connectivity index (χ1v) is 7.74. The van der Waals surface area contributed by atoms with Gasteiger partial charge in [0, 0.05) is 22.9 Å². The zero-order chi connectivity index (χ0) is 16.6. The smallest absolute Gasteiger partial charge is 0.344 e. The van der Waals surface area contributed by atoms with E-state index < -0.39 is 0 Å². The van der Waals surface area contributed by atoms with Gasteiger partial charge in [0.25, 0.3) is 0 Å². The van der Waals surface area contributed by atoms with Crippen molar-refractivity contribution in [3.8, 4) is 5.75 Å². The monoisotopic (exact) mass is 312 g/mol. The van der Waals surface area contributed by atoms with Gasteiger partial charge in [0.15, 0.2) is 0 Å². The normalized spacial score (nSPS) is 11.5. The molecule has 0 atom stereocenters. The number of hydrogen-bond acceptors (Lipinski definition) is 4. The van der Waals surface area contributed by atoms with E-state index in [9.17, 15) is 9.90 Å². The first kappa shape index (κ1) is 15.6. The molecule has 1 aromatic heterocycles. The minimum Gasteiger partial charge on any atom is -0.496 e. The molecule has 0 aliphatic carbocycles. The lowest BCUT2D eigenvalue weighted by Crippen LogP contribution is -2.07. The Morgan fingerprint density at radius 3 is 2.61 bits per heavy atom. The van der Waals surface area contributed by atoms with Crippen LogP contribution in [0.2, 0.25) is 0 Å². The second kappa shape index (κ2) is 6.05. The minimum absolute atomic E-state index is 0.00352. The van der Waals surface area contributed by atoms with E-state index in [4.69, 9.17) is 9.15 Å². The van der Waals surface area contributed by atoms with Gasteiger partial charge in [-0.05, 0) is 30.0 Å². The van der Waals surface area contributed by atoms with E-state index >= 15 is 0 Å². The number of aliphatic hydroxyl groups excluding tert-OH is 1. The number of aliphatic hydroxyl groups is 1. The fourth-order valence-corrected chi connectivity index (χ4v) is 3.17. The molecule has 120 valence electrons. The second-order valence-electron chi connectivity index (χ2n) is 5.92. The van der Waals surface area contributed by atoms with Crippen LogP contribution in [0.1, 0.15) is 30.9 Å². The molecule has 0 radical (unpaired) electrons. The molecule has 2 aromatic carbocycles. The van der Waals surface area contributed by atoms with Crippen molar-refractivity contribution in [2.45, 2.75) is 26.2 Å². The lowest BCUT2D eigenvalue weighted by Gasteiger charge is -2.15. The van der Waals surface area contributed by atoms with Gasteiger partial charge >= 0.3 is 5.63 Å². The summed E-state index contributed by atoms with van der Waals surface area (Å²) in [6.45, 7) is 4.09. The number of methoxy groups -OCH3 is 1. The van der Waals surface area contributed by atoms with E-state index in [-0.39, 0.29) is 18.2 Å². The maximum atomic E-state index is 12.6. The fraction of sp³-hybridized carbons (Fsp3) is 0.316. The van der Waals surface area contributed by atoms with Crippen molar-refractivity contribution in [1.29, 1.82) is 0 Å². The third kappa shape index (κ3) is 2.49. The predicted octanol–water partition coefficient (Wildman–Crippen LogP) is 3.61. The van der Waals surface area contributed by atoms with Gasteiger partial charge in [-0.15, -0.1) is 0 Å². The van der Waals surface area contributed by atoms with Crippen molar-refractivity contribution in [1.82, 2.24) is 0 Å². The van der Waals surface area contributed by atoms with Crippen molar-refractivity contribution in [3.05, 3.63) is 51.9 Å². The topological polar surface area (TPSA) is 59.7 Å². The van der Waals surface area contributed by atoms with E-state index in [2.05, 4.69) is 0 Å². The molecule has 0 bridgehead atoms. The van der Waals surface area contributed by atoms with Crippen molar-refractivity contribution in [3.63, 3.8) is 0 Å². The summed E-state index contributed by atoms with van der Waals surface area (Å²) in [5.74, 6) is 0.886. The summed E-state index contributed by atoms with van der Waals surface area (Å²) in [7, 11) is 1.62. The highest BCUT2D eigenvalue weighted by molar-refractivity contribution is 6.06. The van der Waals surface area contributed by atoms with Crippen LogP contribution in [-0.2, 0) is 6.42 Å². The molecule has 0 spiro atoms. The van der Waals surface area contributed by atoms with Crippen LogP contribution in [0.3, 0.4) is 0 Å². The van der Waals surface area contributed by atoms with Crippen LogP contribution in [0.25, 0.3) is 21.7 Å². The minimum atomic E-state index is -0.369. The summed E-state index contributed by atoms with van der Waals surface area (Å²) in [5.41, 5.74) is 1.92. The molecule has 0 amide bonds. The SMILES string of the molecule is COc1ccc2c(oc(=O)c3c(CCO)cccc32)c1C(C)C. The van der Waals surface area contributed by atoms with Gasteiger partial charge in [-0.2, -0.15) is 0 Å². The van der Waals surface area contributed by atoms with Crippen molar-refractivity contribution in [2.75, 3.05) is 13.7 Å². The zero-order valence-corrected chi connectivity index (χ0v) is 13.6. The van der Waals surface area contributed by atoms with Crippen LogP contribution in [0.4, 0.5) is 0 Å². The largest absolute Gasteiger partial charge is 0.496 e. The molecule has 1 heterocycles. The fourth-order valence-electron chi connectivity index (χ4n) is 3.17. The quantitative estimate of drug-likeness (QED) is 0.590. The number of hydrogen-bond donors (Lipinski definition) is 1. The maximum absolute atomic E-state index is 12.6. The summed E-state index contributed by atoms with van der Waals surface area (Å²) in [4.78, 5) is 12.6. The zero-order valence-electron chi connectivity index (χ0n) is 13.6. The van der Waals surface area contributed by atoms with E-state index in [0.717, 1.165) is 27.6 Å². The third-order valence-electron chi connectivity index (χ3n) is 4.17. The highest BCUT2D eigenvalue weighted by atomic mass is 16.5. The van der Waals surface area contributed by atoms with Gasteiger partial charge in [-0.25, -0.2) is 4.79 Å². The Morgan fingerprint density at radius 1 is 1.17 bits per heavy atom. The Morgan fingerprint density at radius 2 is 1.96 bits per heavy atom. The molecule has 0 aliphatic heterocycles. The van der Waals surface area contributed by atoms with Crippen LogP contribution < -0.4 is 10.4 Å². The molecule has 1 N–H and O–H groups in total. The predicted molar refractivity (Wildman–Crippen MR) is 91.4 cm³/mol.